The SMILES string of the molecule is C/C(=C\C(Cl)=C1\C(=O)NC2(CNCc3ccccc32)N1C=O)Nc1ccncn1. The minimum atomic E-state index is -1.01. The van der Waals surface area contributed by atoms with E-state index in [-0.39, 0.29) is 10.7 Å². The van der Waals surface area contributed by atoms with Crippen molar-refractivity contribution < 1.29 is 9.59 Å². The molecule has 3 N–H and O–H groups in total. The number of hydrogen-bond acceptors (Lipinski definition) is 6. The van der Waals surface area contributed by atoms with Gasteiger partial charge in [0.1, 0.15) is 17.8 Å². The van der Waals surface area contributed by atoms with Crippen LogP contribution >= 0.6 is 11.6 Å². The number of halogens is 1. The van der Waals surface area contributed by atoms with Crippen LogP contribution < -0.4 is 16.0 Å². The molecule has 1 saturated heterocycles. The van der Waals surface area contributed by atoms with Gasteiger partial charge in [-0.15, -0.1) is 0 Å². The monoisotopic (exact) mass is 410 g/mol. The first kappa shape index (κ1) is 19.1. The van der Waals surface area contributed by atoms with Crippen LogP contribution in [0.15, 0.2) is 65.4 Å². The van der Waals surface area contributed by atoms with Gasteiger partial charge in [-0.25, -0.2) is 9.97 Å². The first-order valence-corrected chi connectivity index (χ1v) is 9.40. The van der Waals surface area contributed by atoms with Gasteiger partial charge in [0.15, 0.2) is 5.66 Å². The number of hydrogen-bond donors (Lipinski definition) is 3. The molecule has 8 nitrogen and oxygen atoms in total. The summed E-state index contributed by atoms with van der Waals surface area (Å²) in [5, 5.41) is 9.45. The molecule has 0 radical (unpaired) electrons. The lowest BCUT2D eigenvalue weighted by Crippen LogP contribution is -2.57. The smallest absolute Gasteiger partial charge is 0.271 e. The molecule has 9 heteroatoms. The van der Waals surface area contributed by atoms with Crippen molar-refractivity contribution in [3.05, 3.63) is 76.5 Å². The summed E-state index contributed by atoms with van der Waals surface area (Å²) in [4.78, 5) is 34.3. The van der Waals surface area contributed by atoms with Crippen molar-refractivity contribution in [2.45, 2.75) is 19.1 Å². The summed E-state index contributed by atoms with van der Waals surface area (Å²) in [7, 11) is 0. The molecule has 0 saturated carbocycles. The number of nitrogens with zero attached hydrogens (tertiary/aromatic N) is 3. The van der Waals surface area contributed by atoms with Crippen molar-refractivity contribution in [1.29, 1.82) is 0 Å². The van der Waals surface area contributed by atoms with E-state index in [9.17, 15) is 9.59 Å². The lowest BCUT2D eigenvalue weighted by Gasteiger charge is -2.40. The Morgan fingerprint density at radius 1 is 1.34 bits per heavy atom. The highest BCUT2D eigenvalue weighted by Gasteiger charge is 2.51. The molecule has 0 bridgehead atoms. The molecule has 1 unspecified atom stereocenters. The summed E-state index contributed by atoms with van der Waals surface area (Å²) in [5.41, 5.74) is 1.64. The van der Waals surface area contributed by atoms with Gasteiger partial charge in [0.05, 0.1) is 5.03 Å². The molecule has 2 aromatic rings. The normalized spacial score (nSPS) is 22.9. The van der Waals surface area contributed by atoms with Crippen LogP contribution in [0, 0.1) is 0 Å². The van der Waals surface area contributed by atoms with E-state index in [0.717, 1.165) is 11.1 Å². The number of fused-ring (bicyclic) bond motifs is 2. The van der Waals surface area contributed by atoms with Gasteiger partial charge in [0, 0.05) is 30.5 Å². The standard InChI is InChI=1S/C20H19ClN6O2/c1-13(25-17-6-7-22-11-24-17)8-16(21)18-19(29)26-20(27(18)12-28)10-23-9-14-4-2-3-5-15(14)20/h2-8,11-12,23H,9-10H2,1H3,(H,26,29)(H,22,24,25)/b13-8+,18-16+. The Labute approximate surface area is 172 Å². The molecule has 2 amide bonds. The van der Waals surface area contributed by atoms with Crippen molar-refractivity contribution in [3.63, 3.8) is 0 Å². The Kier molecular flexibility index (Phi) is 5.04. The van der Waals surface area contributed by atoms with Crippen molar-refractivity contribution in [1.82, 2.24) is 25.5 Å². The number of carbonyl (C=O) groups is 2. The molecule has 1 spiro atoms. The highest BCUT2D eigenvalue weighted by molar-refractivity contribution is 6.33. The number of aromatic nitrogens is 2. The van der Waals surface area contributed by atoms with Gasteiger partial charge in [-0.1, -0.05) is 35.9 Å². The van der Waals surface area contributed by atoms with E-state index >= 15 is 0 Å². The molecular formula is C20H19ClN6O2. The zero-order valence-electron chi connectivity index (χ0n) is 15.6. The molecule has 0 aliphatic carbocycles. The van der Waals surface area contributed by atoms with Gasteiger partial charge in [0.25, 0.3) is 5.91 Å². The molecule has 4 rings (SSSR count). The summed E-state index contributed by atoms with van der Waals surface area (Å²) >= 11 is 6.49. The van der Waals surface area contributed by atoms with Gasteiger partial charge in [-0.05, 0) is 24.6 Å². The van der Waals surface area contributed by atoms with Crippen molar-refractivity contribution in [2.24, 2.45) is 0 Å². The average molecular weight is 411 g/mol. The van der Waals surface area contributed by atoms with E-state index in [4.69, 9.17) is 11.6 Å². The highest BCUT2D eigenvalue weighted by Crippen LogP contribution is 2.39. The van der Waals surface area contributed by atoms with Crippen LogP contribution in [-0.2, 0) is 21.8 Å². The number of amides is 2. The Morgan fingerprint density at radius 2 is 2.17 bits per heavy atom. The van der Waals surface area contributed by atoms with Crippen molar-refractivity contribution in [2.75, 3.05) is 11.9 Å². The lowest BCUT2D eigenvalue weighted by atomic mass is 9.90. The third kappa shape index (κ3) is 3.37. The Morgan fingerprint density at radius 3 is 2.93 bits per heavy atom. The van der Waals surface area contributed by atoms with Crippen LogP contribution in [0.4, 0.5) is 5.82 Å². The molecule has 29 heavy (non-hydrogen) atoms. The summed E-state index contributed by atoms with van der Waals surface area (Å²) in [6.45, 7) is 2.83. The van der Waals surface area contributed by atoms with Crippen LogP contribution in [0.3, 0.4) is 0 Å². The topological polar surface area (TPSA) is 99.2 Å². The maximum absolute atomic E-state index is 12.9. The van der Waals surface area contributed by atoms with E-state index in [1.807, 2.05) is 24.3 Å². The van der Waals surface area contributed by atoms with E-state index in [1.165, 1.54) is 11.2 Å². The fourth-order valence-corrected chi connectivity index (χ4v) is 4.05. The quantitative estimate of drug-likeness (QED) is 0.525. The van der Waals surface area contributed by atoms with Crippen LogP contribution in [0.2, 0.25) is 0 Å². The van der Waals surface area contributed by atoms with Gasteiger partial charge in [-0.2, -0.15) is 0 Å². The number of nitrogens with one attached hydrogen (secondary N) is 3. The van der Waals surface area contributed by atoms with Crippen LogP contribution in [0.25, 0.3) is 0 Å². The number of rotatable bonds is 4. The molecule has 1 fully saturated rings. The second-order valence-corrected chi connectivity index (χ2v) is 7.20. The second-order valence-electron chi connectivity index (χ2n) is 6.79. The maximum Gasteiger partial charge on any atom is 0.271 e. The van der Waals surface area contributed by atoms with E-state index in [2.05, 4.69) is 25.9 Å². The first-order chi connectivity index (χ1) is 14.0. The van der Waals surface area contributed by atoms with Gasteiger partial charge < -0.3 is 16.0 Å². The Bertz CT molecular complexity index is 1020. The molecule has 2 aliphatic rings. The van der Waals surface area contributed by atoms with Gasteiger partial charge >= 0.3 is 0 Å². The summed E-state index contributed by atoms with van der Waals surface area (Å²) in [6.07, 6.45) is 5.26. The fourth-order valence-electron chi connectivity index (χ4n) is 3.71. The second kappa shape index (κ2) is 7.65. The van der Waals surface area contributed by atoms with E-state index < -0.39 is 11.6 Å². The number of allylic oxidation sites excluding steroid dienone is 3. The third-order valence-corrected chi connectivity index (χ3v) is 5.22. The predicted octanol–water partition coefficient (Wildman–Crippen LogP) is 1.79. The summed E-state index contributed by atoms with van der Waals surface area (Å²) in [5.74, 6) is 0.180. The predicted molar refractivity (Wildman–Crippen MR) is 108 cm³/mol. The van der Waals surface area contributed by atoms with Gasteiger partial charge in [0.2, 0.25) is 6.41 Å². The molecule has 1 aromatic carbocycles. The molecule has 1 aromatic heterocycles. The summed E-state index contributed by atoms with van der Waals surface area (Å²) < 4.78 is 0. The lowest BCUT2D eigenvalue weighted by molar-refractivity contribution is -0.121. The minimum absolute atomic E-state index is 0.101. The van der Waals surface area contributed by atoms with Crippen molar-refractivity contribution >= 4 is 29.7 Å². The highest BCUT2D eigenvalue weighted by atomic mass is 35.5. The average Bonchev–Trinajstić information content (AvgIpc) is 3.00. The molecule has 1 atom stereocenters. The van der Waals surface area contributed by atoms with Crippen LogP contribution in [0.1, 0.15) is 18.1 Å². The number of anilines is 1. The molecular weight excluding hydrogens is 392 g/mol. The number of carbonyl (C=O) groups excluding carboxylic acids is 2. The molecule has 2 aliphatic heterocycles. The Hall–Kier alpha value is -3.23. The third-order valence-electron chi connectivity index (χ3n) is 4.93. The van der Waals surface area contributed by atoms with E-state index in [1.54, 1.807) is 25.3 Å². The van der Waals surface area contributed by atoms with Crippen molar-refractivity contribution in [3.8, 4) is 0 Å². The van der Waals surface area contributed by atoms with Crippen LogP contribution in [0.5, 0.6) is 0 Å². The zero-order chi connectivity index (χ0) is 20.4. The van der Waals surface area contributed by atoms with E-state index in [0.29, 0.717) is 31.0 Å². The summed E-state index contributed by atoms with van der Waals surface area (Å²) in [6, 6.07) is 9.41. The zero-order valence-corrected chi connectivity index (χ0v) is 16.4. The molecule has 3 heterocycles. The van der Waals surface area contributed by atoms with Crippen LogP contribution in [-0.4, -0.2) is 33.7 Å². The fraction of sp³-hybridized carbons (Fsp3) is 0.200. The number of benzene rings is 1. The minimum Gasteiger partial charge on any atom is -0.344 e. The van der Waals surface area contributed by atoms with Gasteiger partial charge in [-0.3, -0.25) is 14.5 Å². The largest absolute Gasteiger partial charge is 0.344 e. The molecule has 148 valence electrons. The first-order valence-electron chi connectivity index (χ1n) is 9.02. The Balaban J connectivity index is 1.72. The maximum atomic E-state index is 12.9.